The summed E-state index contributed by atoms with van der Waals surface area (Å²) in [4.78, 5) is 38.5. The zero-order valence-electron chi connectivity index (χ0n) is 11.4. The molecule has 2 heterocycles. The molecule has 2 fully saturated rings. The number of amides is 4. The number of nitrogens with zero attached hydrogens (tertiary/aromatic N) is 2. The summed E-state index contributed by atoms with van der Waals surface area (Å²) in [6.45, 7) is 1.62. The van der Waals surface area contributed by atoms with Gasteiger partial charge < -0.3 is 20.4 Å². The first-order valence-electron chi connectivity index (χ1n) is 6.85. The maximum Gasteiger partial charge on any atom is 0.321 e. The van der Waals surface area contributed by atoms with Crippen LogP contribution < -0.4 is 10.6 Å². The molecule has 1 atom stereocenters. The van der Waals surface area contributed by atoms with Crippen LogP contribution in [0.5, 0.6) is 0 Å². The molecule has 1 aromatic carbocycles. The van der Waals surface area contributed by atoms with Crippen molar-refractivity contribution >= 4 is 23.5 Å². The van der Waals surface area contributed by atoms with Gasteiger partial charge in [0.2, 0.25) is 0 Å². The molecule has 0 aromatic heterocycles. The average Bonchev–Trinajstić information content (AvgIpc) is 2.51. The Morgan fingerprint density at radius 3 is 2.71 bits per heavy atom. The fraction of sp³-hybridized carbons (Fsp3) is 0.357. The van der Waals surface area contributed by atoms with Crippen LogP contribution in [0.3, 0.4) is 0 Å². The van der Waals surface area contributed by atoms with Crippen LogP contribution in [0, 0.1) is 0 Å². The summed E-state index contributed by atoms with van der Waals surface area (Å²) in [5.41, 5.74) is 0.734. The van der Waals surface area contributed by atoms with Gasteiger partial charge in [-0.2, -0.15) is 0 Å². The molecule has 0 radical (unpaired) electrons. The highest BCUT2D eigenvalue weighted by atomic mass is 16.2. The van der Waals surface area contributed by atoms with E-state index >= 15 is 0 Å². The molecule has 0 unspecified atom stereocenters. The normalized spacial score (nSPS) is 21.6. The lowest BCUT2D eigenvalue weighted by Crippen LogP contribution is -2.66. The monoisotopic (exact) mass is 288 g/mol. The van der Waals surface area contributed by atoms with Crippen molar-refractivity contribution in [2.24, 2.45) is 0 Å². The lowest BCUT2D eigenvalue weighted by molar-refractivity contribution is -0.152. The summed E-state index contributed by atoms with van der Waals surface area (Å²) in [5.74, 6) is -1.07. The summed E-state index contributed by atoms with van der Waals surface area (Å²) in [7, 11) is 0. The van der Waals surface area contributed by atoms with Crippen molar-refractivity contribution in [3.05, 3.63) is 30.3 Å². The van der Waals surface area contributed by atoms with Crippen LogP contribution in [0.4, 0.5) is 10.5 Å². The maximum atomic E-state index is 12.2. The van der Waals surface area contributed by atoms with Crippen molar-refractivity contribution < 1.29 is 14.4 Å². The van der Waals surface area contributed by atoms with Crippen molar-refractivity contribution in [3.8, 4) is 0 Å². The van der Waals surface area contributed by atoms with Gasteiger partial charge in [-0.25, -0.2) is 4.79 Å². The molecule has 3 rings (SSSR count). The molecule has 21 heavy (non-hydrogen) atoms. The van der Waals surface area contributed by atoms with Gasteiger partial charge in [-0.15, -0.1) is 0 Å². The Morgan fingerprint density at radius 1 is 1.19 bits per heavy atom. The van der Waals surface area contributed by atoms with Crippen molar-refractivity contribution in [2.45, 2.75) is 6.04 Å². The fourth-order valence-corrected chi connectivity index (χ4v) is 2.62. The molecule has 7 nitrogen and oxygen atoms in total. The topological polar surface area (TPSA) is 81.8 Å². The molecular formula is C14H16N4O3. The molecular weight excluding hydrogens is 272 g/mol. The van der Waals surface area contributed by atoms with Crippen LogP contribution in [-0.4, -0.2) is 59.9 Å². The zero-order valence-corrected chi connectivity index (χ0v) is 11.4. The van der Waals surface area contributed by atoms with E-state index in [2.05, 4.69) is 10.6 Å². The Morgan fingerprint density at radius 2 is 1.95 bits per heavy atom. The first-order valence-corrected chi connectivity index (χ1v) is 6.85. The van der Waals surface area contributed by atoms with Crippen LogP contribution in [0.15, 0.2) is 30.3 Å². The highest BCUT2D eigenvalue weighted by Gasteiger charge is 2.38. The lowest BCUT2D eigenvalue weighted by Gasteiger charge is -2.43. The van der Waals surface area contributed by atoms with E-state index in [9.17, 15) is 14.4 Å². The first kappa shape index (κ1) is 13.4. The van der Waals surface area contributed by atoms with Crippen LogP contribution in [0.25, 0.3) is 0 Å². The highest BCUT2D eigenvalue weighted by molar-refractivity contribution is 6.35. The van der Waals surface area contributed by atoms with Gasteiger partial charge in [0, 0.05) is 31.9 Å². The second kappa shape index (κ2) is 5.43. The zero-order chi connectivity index (χ0) is 14.8. The lowest BCUT2D eigenvalue weighted by atomic mass is 10.1. The quantitative estimate of drug-likeness (QED) is 0.706. The predicted molar refractivity (Wildman–Crippen MR) is 75.5 cm³/mol. The van der Waals surface area contributed by atoms with Crippen molar-refractivity contribution in [1.82, 2.24) is 15.1 Å². The molecule has 4 amide bonds. The smallest absolute Gasteiger partial charge is 0.321 e. The van der Waals surface area contributed by atoms with Gasteiger partial charge in [0.25, 0.3) is 0 Å². The number of rotatable bonds is 1. The fourth-order valence-electron chi connectivity index (χ4n) is 2.62. The van der Waals surface area contributed by atoms with Gasteiger partial charge in [0.15, 0.2) is 0 Å². The van der Waals surface area contributed by atoms with E-state index < -0.39 is 11.8 Å². The largest absolute Gasteiger partial charge is 0.346 e. The second-order valence-electron chi connectivity index (χ2n) is 5.10. The van der Waals surface area contributed by atoms with Gasteiger partial charge in [-0.3, -0.25) is 9.59 Å². The molecule has 1 aromatic rings. The third kappa shape index (κ3) is 2.67. The van der Waals surface area contributed by atoms with E-state index in [4.69, 9.17) is 0 Å². The number of fused-ring (bicyclic) bond motifs is 1. The standard InChI is InChI=1S/C14H16N4O3/c19-12-13(20)18-7-6-17(9-11(18)8-15-12)14(21)16-10-4-2-1-3-5-10/h1-5,11H,6-9H2,(H,15,19)(H,16,21)/t11-/m0/s1. The Hall–Kier alpha value is -2.57. The number of carbonyl (C=O) groups is 3. The summed E-state index contributed by atoms with van der Waals surface area (Å²) >= 11 is 0. The number of benzene rings is 1. The maximum absolute atomic E-state index is 12.2. The Bertz CT molecular complexity index is 575. The molecule has 110 valence electrons. The van der Waals surface area contributed by atoms with Crippen LogP contribution >= 0.6 is 0 Å². The van der Waals surface area contributed by atoms with Gasteiger partial charge >= 0.3 is 17.8 Å². The van der Waals surface area contributed by atoms with Crippen molar-refractivity contribution in [2.75, 3.05) is 31.5 Å². The highest BCUT2D eigenvalue weighted by Crippen LogP contribution is 2.14. The SMILES string of the molecule is O=C1NC[C@H]2CN(C(=O)Nc3ccccc3)CCN2C1=O. The number of anilines is 1. The first-order chi connectivity index (χ1) is 10.1. The molecule has 2 saturated heterocycles. The summed E-state index contributed by atoms with van der Waals surface area (Å²) in [5, 5.41) is 5.37. The number of hydrogen-bond acceptors (Lipinski definition) is 3. The molecule has 2 aliphatic heterocycles. The molecule has 0 spiro atoms. The predicted octanol–water partition coefficient (Wildman–Crippen LogP) is -0.139. The Kier molecular flexibility index (Phi) is 3.47. The van der Waals surface area contributed by atoms with E-state index in [1.165, 1.54) is 0 Å². The number of para-hydroxylation sites is 1. The molecule has 2 aliphatic rings. The van der Waals surface area contributed by atoms with E-state index in [1.807, 2.05) is 30.3 Å². The van der Waals surface area contributed by atoms with E-state index in [0.29, 0.717) is 26.2 Å². The molecule has 0 bridgehead atoms. The number of hydrogen-bond donors (Lipinski definition) is 2. The van der Waals surface area contributed by atoms with Crippen LogP contribution in [0.2, 0.25) is 0 Å². The third-order valence-corrected chi connectivity index (χ3v) is 3.75. The number of urea groups is 1. The van der Waals surface area contributed by atoms with Gasteiger partial charge in [-0.05, 0) is 12.1 Å². The minimum Gasteiger partial charge on any atom is -0.346 e. The Labute approximate surface area is 121 Å². The summed E-state index contributed by atoms with van der Waals surface area (Å²) in [6, 6.07) is 8.88. The van der Waals surface area contributed by atoms with Gasteiger partial charge in [0.1, 0.15) is 0 Å². The van der Waals surface area contributed by atoms with Crippen LogP contribution in [0.1, 0.15) is 0 Å². The average molecular weight is 288 g/mol. The molecule has 7 heteroatoms. The summed E-state index contributed by atoms with van der Waals surface area (Å²) < 4.78 is 0. The van der Waals surface area contributed by atoms with E-state index in [0.717, 1.165) is 5.69 Å². The second-order valence-corrected chi connectivity index (χ2v) is 5.10. The number of carbonyl (C=O) groups excluding carboxylic acids is 3. The van der Waals surface area contributed by atoms with Crippen molar-refractivity contribution in [3.63, 3.8) is 0 Å². The summed E-state index contributed by atoms with van der Waals surface area (Å²) in [6.07, 6.45) is 0. The van der Waals surface area contributed by atoms with Crippen LogP contribution in [-0.2, 0) is 9.59 Å². The molecule has 2 N–H and O–H groups in total. The minimum atomic E-state index is -0.562. The van der Waals surface area contributed by atoms with Gasteiger partial charge in [0.05, 0.1) is 6.04 Å². The number of nitrogens with one attached hydrogen (secondary N) is 2. The number of piperazine rings is 2. The third-order valence-electron chi connectivity index (χ3n) is 3.75. The molecule has 0 aliphatic carbocycles. The van der Waals surface area contributed by atoms with Crippen molar-refractivity contribution in [1.29, 1.82) is 0 Å². The Balaban J connectivity index is 1.63. The molecule has 0 saturated carbocycles. The minimum absolute atomic E-state index is 0.148. The van der Waals surface area contributed by atoms with Gasteiger partial charge in [-0.1, -0.05) is 18.2 Å². The van der Waals surface area contributed by atoms with E-state index in [1.54, 1.807) is 9.80 Å². The van der Waals surface area contributed by atoms with E-state index in [-0.39, 0.29) is 12.1 Å².